The van der Waals surface area contributed by atoms with Crippen molar-refractivity contribution in [2.45, 2.75) is 25.8 Å². The second-order valence-electron chi connectivity index (χ2n) is 4.90. The van der Waals surface area contributed by atoms with Crippen LogP contribution in [0.15, 0.2) is 12.3 Å². The number of nitrogens with one attached hydrogen (secondary N) is 1. The number of carbonyl (C=O) groups excluding carboxylic acids is 1. The molecule has 0 atom stereocenters. The van der Waals surface area contributed by atoms with Crippen LogP contribution in [0.2, 0.25) is 0 Å². The minimum atomic E-state index is -0.354. The summed E-state index contributed by atoms with van der Waals surface area (Å²) in [4.78, 5) is 24.7. The van der Waals surface area contributed by atoms with Crippen molar-refractivity contribution >= 4 is 11.7 Å². The number of methoxy groups -OCH3 is 2. The van der Waals surface area contributed by atoms with Crippen LogP contribution in [0.5, 0.6) is 11.9 Å². The third-order valence-corrected chi connectivity index (χ3v) is 3.52. The first-order valence-electron chi connectivity index (χ1n) is 7.04. The van der Waals surface area contributed by atoms with Gasteiger partial charge in [-0.3, -0.25) is 4.79 Å². The fraction of sp³-hybridized carbons (Fsp3) is 0.429. The molecule has 0 radical (unpaired) electrons. The molecule has 0 spiro atoms. The van der Waals surface area contributed by atoms with Crippen LogP contribution in [-0.4, -0.2) is 39.6 Å². The van der Waals surface area contributed by atoms with Gasteiger partial charge in [0.05, 0.1) is 20.4 Å². The SMILES string of the molecule is COc1cc(C(=O)Nc2cnc3n2CCCC3)nc(OC)n1. The lowest BCUT2D eigenvalue weighted by Crippen LogP contribution is -2.19. The molecule has 1 N–H and O–H groups in total. The number of nitrogens with zero attached hydrogens (tertiary/aromatic N) is 4. The van der Waals surface area contributed by atoms with Gasteiger partial charge in [-0.1, -0.05) is 0 Å². The number of hydrogen-bond acceptors (Lipinski definition) is 6. The Balaban J connectivity index is 1.84. The lowest BCUT2D eigenvalue weighted by Gasteiger charge is -2.16. The van der Waals surface area contributed by atoms with Gasteiger partial charge in [-0.05, 0) is 12.8 Å². The molecule has 3 rings (SSSR count). The molecule has 3 heterocycles. The van der Waals surface area contributed by atoms with Crippen molar-refractivity contribution in [1.82, 2.24) is 19.5 Å². The molecule has 0 aromatic carbocycles. The summed E-state index contributed by atoms with van der Waals surface area (Å²) in [6.45, 7) is 0.862. The Bertz CT molecular complexity index is 676. The average Bonchev–Trinajstić information content (AvgIpc) is 2.97. The van der Waals surface area contributed by atoms with Crippen molar-refractivity contribution < 1.29 is 14.3 Å². The Morgan fingerprint density at radius 1 is 1.27 bits per heavy atom. The zero-order valence-corrected chi connectivity index (χ0v) is 12.5. The number of anilines is 1. The van der Waals surface area contributed by atoms with Gasteiger partial charge in [0, 0.05) is 19.0 Å². The molecule has 2 aromatic rings. The van der Waals surface area contributed by atoms with Crippen LogP contribution in [0.4, 0.5) is 5.82 Å². The largest absolute Gasteiger partial charge is 0.481 e. The fourth-order valence-corrected chi connectivity index (χ4v) is 2.41. The number of aromatic nitrogens is 4. The fourth-order valence-electron chi connectivity index (χ4n) is 2.41. The van der Waals surface area contributed by atoms with Crippen molar-refractivity contribution in [1.29, 1.82) is 0 Å². The molecule has 0 saturated carbocycles. The van der Waals surface area contributed by atoms with E-state index in [2.05, 4.69) is 20.3 Å². The molecule has 2 aromatic heterocycles. The highest BCUT2D eigenvalue weighted by Gasteiger charge is 2.18. The maximum absolute atomic E-state index is 12.4. The highest BCUT2D eigenvalue weighted by Crippen LogP contribution is 2.20. The van der Waals surface area contributed by atoms with E-state index in [1.54, 1.807) is 6.20 Å². The summed E-state index contributed by atoms with van der Waals surface area (Å²) in [5, 5.41) is 2.83. The van der Waals surface area contributed by atoms with Gasteiger partial charge in [0.15, 0.2) is 0 Å². The van der Waals surface area contributed by atoms with E-state index in [9.17, 15) is 4.79 Å². The quantitative estimate of drug-likeness (QED) is 0.915. The van der Waals surface area contributed by atoms with Crippen LogP contribution in [0.1, 0.15) is 29.2 Å². The lowest BCUT2D eigenvalue weighted by atomic mass is 10.2. The van der Waals surface area contributed by atoms with E-state index in [4.69, 9.17) is 9.47 Å². The van der Waals surface area contributed by atoms with Gasteiger partial charge >= 0.3 is 6.01 Å². The molecule has 116 valence electrons. The Kier molecular flexibility index (Phi) is 3.90. The van der Waals surface area contributed by atoms with Gasteiger partial charge in [0.2, 0.25) is 5.88 Å². The number of hydrogen-bond donors (Lipinski definition) is 1. The zero-order chi connectivity index (χ0) is 15.5. The maximum atomic E-state index is 12.4. The van der Waals surface area contributed by atoms with E-state index in [1.165, 1.54) is 20.3 Å². The normalized spacial score (nSPS) is 13.4. The van der Waals surface area contributed by atoms with Crippen molar-refractivity contribution in [3.63, 3.8) is 0 Å². The molecule has 8 heteroatoms. The van der Waals surface area contributed by atoms with Crippen LogP contribution in [0.25, 0.3) is 0 Å². The van der Waals surface area contributed by atoms with E-state index < -0.39 is 0 Å². The Hall–Kier alpha value is -2.64. The standard InChI is InChI=1S/C14H17N5O3/c1-21-12-7-9(16-14(18-12)22-2)13(20)17-11-8-15-10-5-3-4-6-19(10)11/h7-8H,3-6H2,1-2H3,(H,17,20). The number of fused-ring (bicyclic) bond motifs is 1. The molecule has 0 aliphatic carbocycles. The highest BCUT2D eigenvalue weighted by atomic mass is 16.5. The molecular weight excluding hydrogens is 286 g/mol. The number of imidazole rings is 1. The van der Waals surface area contributed by atoms with E-state index in [0.29, 0.717) is 5.82 Å². The smallest absolute Gasteiger partial charge is 0.320 e. The lowest BCUT2D eigenvalue weighted by molar-refractivity contribution is 0.101. The molecule has 0 bridgehead atoms. The summed E-state index contributed by atoms with van der Waals surface area (Å²) in [6, 6.07) is 1.55. The summed E-state index contributed by atoms with van der Waals surface area (Å²) in [5.74, 6) is 1.59. The molecule has 0 saturated heterocycles. The molecule has 1 aliphatic heterocycles. The molecule has 22 heavy (non-hydrogen) atoms. The van der Waals surface area contributed by atoms with Crippen molar-refractivity contribution in [3.05, 3.63) is 23.8 Å². The predicted molar refractivity (Wildman–Crippen MR) is 78.3 cm³/mol. The van der Waals surface area contributed by atoms with Crippen molar-refractivity contribution in [2.75, 3.05) is 19.5 Å². The minimum Gasteiger partial charge on any atom is -0.481 e. The van der Waals surface area contributed by atoms with Crippen LogP contribution in [0, 0.1) is 0 Å². The Morgan fingerprint density at radius 2 is 2.14 bits per heavy atom. The van der Waals surface area contributed by atoms with Gasteiger partial charge in [-0.15, -0.1) is 0 Å². The van der Waals surface area contributed by atoms with E-state index in [1.807, 2.05) is 4.57 Å². The number of amides is 1. The summed E-state index contributed by atoms with van der Waals surface area (Å²) >= 11 is 0. The Morgan fingerprint density at radius 3 is 2.91 bits per heavy atom. The first kappa shape index (κ1) is 14.3. The predicted octanol–water partition coefficient (Wildman–Crippen LogP) is 1.28. The molecule has 0 fully saturated rings. The van der Waals surface area contributed by atoms with Gasteiger partial charge in [0.1, 0.15) is 17.3 Å². The maximum Gasteiger partial charge on any atom is 0.320 e. The van der Waals surface area contributed by atoms with E-state index in [-0.39, 0.29) is 23.5 Å². The van der Waals surface area contributed by atoms with Crippen molar-refractivity contribution in [2.24, 2.45) is 0 Å². The van der Waals surface area contributed by atoms with Crippen LogP contribution >= 0.6 is 0 Å². The van der Waals surface area contributed by atoms with Gasteiger partial charge in [0.25, 0.3) is 5.91 Å². The summed E-state index contributed by atoms with van der Waals surface area (Å²) in [5.41, 5.74) is 0.176. The Labute approximate surface area is 127 Å². The molecule has 0 unspecified atom stereocenters. The first-order valence-corrected chi connectivity index (χ1v) is 7.04. The third-order valence-electron chi connectivity index (χ3n) is 3.52. The first-order chi connectivity index (χ1) is 10.7. The van der Waals surface area contributed by atoms with Gasteiger partial charge < -0.3 is 19.4 Å². The number of carbonyl (C=O) groups is 1. The number of ether oxygens (including phenoxy) is 2. The van der Waals surface area contributed by atoms with Gasteiger partial charge in [-0.2, -0.15) is 9.97 Å². The zero-order valence-electron chi connectivity index (χ0n) is 12.5. The molecule has 1 amide bonds. The van der Waals surface area contributed by atoms with E-state index in [0.717, 1.165) is 31.6 Å². The van der Waals surface area contributed by atoms with Crippen LogP contribution in [0.3, 0.4) is 0 Å². The summed E-state index contributed by atoms with van der Waals surface area (Å²) in [7, 11) is 2.90. The molecule has 1 aliphatic rings. The number of aryl methyl sites for hydroxylation is 1. The average molecular weight is 303 g/mol. The summed E-state index contributed by atoms with van der Waals surface area (Å²) < 4.78 is 12.0. The summed E-state index contributed by atoms with van der Waals surface area (Å²) in [6.07, 6.45) is 4.82. The molecular formula is C14H17N5O3. The number of rotatable bonds is 4. The topological polar surface area (TPSA) is 91.2 Å². The molecule has 8 nitrogen and oxygen atoms in total. The third kappa shape index (κ3) is 2.72. The van der Waals surface area contributed by atoms with Gasteiger partial charge in [-0.25, -0.2) is 4.98 Å². The van der Waals surface area contributed by atoms with E-state index >= 15 is 0 Å². The monoisotopic (exact) mass is 303 g/mol. The second kappa shape index (κ2) is 6.00. The van der Waals surface area contributed by atoms with Crippen LogP contribution < -0.4 is 14.8 Å². The second-order valence-corrected chi connectivity index (χ2v) is 4.90. The van der Waals surface area contributed by atoms with Crippen LogP contribution in [-0.2, 0) is 13.0 Å². The highest BCUT2D eigenvalue weighted by molar-refractivity contribution is 6.02. The van der Waals surface area contributed by atoms with Crippen molar-refractivity contribution in [3.8, 4) is 11.9 Å². The minimum absolute atomic E-state index is 0.0832.